The van der Waals surface area contributed by atoms with Crippen LogP contribution in [0.5, 0.6) is 5.75 Å². The molecule has 144 valence electrons. The Morgan fingerprint density at radius 3 is 2.54 bits per heavy atom. The quantitative estimate of drug-likeness (QED) is 0.830. The molecule has 0 bridgehead atoms. The first-order valence-corrected chi connectivity index (χ1v) is 7.98. The first-order chi connectivity index (χ1) is 11.8. The van der Waals surface area contributed by atoms with Crippen molar-refractivity contribution in [3.8, 4) is 17.2 Å². The fraction of sp³-hybridized carbons (Fsp3) is 0.500. The van der Waals surface area contributed by atoms with Crippen molar-refractivity contribution in [2.45, 2.75) is 37.9 Å². The number of benzene rings is 1. The molecule has 1 saturated carbocycles. The highest BCUT2D eigenvalue weighted by molar-refractivity contribution is 5.85. The summed E-state index contributed by atoms with van der Waals surface area (Å²) < 4.78 is 49.9. The maximum absolute atomic E-state index is 13.2. The molecule has 1 fully saturated rings. The predicted octanol–water partition coefficient (Wildman–Crippen LogP) is 3.37. The van der Waals surface area contributed by atoms with Crippen LogP contribution in [0.2, 0.25) is 0 Å². The van der Waals surface area contributed by atoms with E-state index < -0.39 is 17.5 Å². The molecule has 10 heteroatoms. The summed E-state index contributed by atoms with van der Waals surface area (Å²) in [5, 5.41) is 5.69. The van der Waals surface area contributed by atoms with Crippen LogP contribution in [-0.2, 0) is 6.18 Å². The van der Waals surface area contributed by atoms with Gasteiger partial charge in [-0.3, -0.25) is 0 Å². The van der Waals surface area contributed by atoms with Gasteiger partial charge in [0.05, 0.1) is 12.2 Å². The molecule has 0 spiro atoms. The number of aromatic amines is 1. The molecule has 0 amide bonds. The summed E-state index contributed by atoms with van der Waals surface area (Å²) in [6, 6.07) is 3.44. The van der Waals surface area contributed by atoms with Crippen LogP contribution in [0, 0.1) is 5.92 Å². The van der Waals surface area contributed by atoms with Gasteiger partial charge in [-0.2, -0.15) is 13.2 Å². The van der Waals surface area contributed by atoms with Gasteiger partial charge in [-0.05, 0) is 49.8 Å². The van der Waals surface area contributed by atoms with Crippen molar-refractivity contribution in [3.63, 3.8) is 0 Å². The number of hydrogen-bond acceptors (Lipinski definition) is 5. The first kappa shape index (κ1) is 20.3. The summed E-state index contributed by atoms with van der Waals surface area (Å²) in [6.07, 6.45) is -1.20. The standard InChI is InChI=1S/C16H18F3N3O3.ClH/c17-16(18,19)12-6-3-10(14-21-22-15(23)25-14)7-13(12)24-8-9-1-4-11(20)5-2-9;/h3,6-7,9,11H,1-2,4-5,8,20H2,(H,22,23);1H/t9-,11-;. The lowest BCUT2D eigenvalue weighted by molar-refractivity contribution is -0.139. The van der Waals surface area contributed by atoms with E-state index in [0.717, 1.165) is 31.7 Å². The highest BCUT2D eigenvalue weighted by atomic mass is 35.5. The lowest BCUT2D eigenvalue weighted by Gasteiger charge is -2.26. The molecule has 0 radical (unpaired) electrons. The van der Waals surface area contributed by atoms with E-state index in [4.69, 9.17) is 14.9 Å². The number of nitrogens with zero attached hydrogens (tertiary/aromatic N) is 1. The molecule has 0 aliphatic heterocycles. The van der Waals surface area contributed by atoms with Crippen LogP contribution in [-0.4, -0.2) is 22.8 Å². The monoisotopic (exact) mass is 393 g/mol. The van der Waals surface area contributed by atoms with Crippen LogP contribution in [0.1, 0.15) is 31.2 Å². The number of hydrogen-bond donors (Lipinski definition) is 2. The van der Waals surface area contributed by atoms with Crippen LogP contribution in [0.15, 0.2) is 27.4 Å². The molecule has 0 atom stereocenters. The Morgan fingerprint density at radius 2 is 1.96 bits per heavy atom. The van der Waals surface area contributed by atoms with Crippen molar-refractivity contribution < 1.29 is 22.3 Å². The van der Waals surface area contributed by atoms with Crippen molar-refractivity contribution in [2.24, 2.45) is 11.7 Å². The summed E-state index contributed by atoms with van der Waals surface area (Å²) in [5.74, 6) is -0.999. The fourth-order valence-corrected chi connectivity index (χ4v) is 2.92. The molecule has 2 aromatic rings. The molecule has 0 unspecified atom stereocenters. The van der Waals surface area contributed by atoms with E-state index >= 15 is 0 Å². The smallest absolute Gasteiger partial charge is 0.434 e. The Hall–Kier alpha value is -2.00. The number of aromatic nitrogens is 2. The molecule has 0 saturated heterocycles. The van der Waals surface area contributed by atoms with Crippen LogP contribution in [0.25, 0.3) is 11.5 Å². The van der Waals surface area contributed by atoms with E-state index in [1.54, 1.807) is 0 Å². The minimum absolute atomic E-state index is 0. The Labute approximate surface area is 153 Å². The third-order valence-electron chi connectivity index (χ3n) is 4.34. The largest absolute Gasteiger partial charge is 0.493 e. The topological polar surface area (TPSA) is 94.1 Å². The fourth-order valence-electron chi connectivity index (χ4n) is 2.92. The Balaban J connectivity index is 0.00000243. The van der Waals surface area contributed by atoms with Gasteiger partial charge in [0.1, 0.15) is 5.75 Å². The maximum Gasteiger partial charge on any atom is 0.434 e. The molecule has 1 aromatic carbocycles. The zero-order chi connectivity index (χ0) is 18.0. The van der Waals surface area contributed by atoms with Crippen LogP contribution in [0.4, 0.5) is 13.2 Å². The molecule has 26 heavy (non-hydrogen) atoms. The lowest BCUT2D eigenvalue weighted by Crippen LogP contribution is -2.29. The summed E-state index contributed by atoms with van der Waals surface area (Å²) in [6.45, 7) is 0.184. The van der Waals surface area contributed by atoms with Gasteiger partial charge >= 0.3 is 11.9 Å². The molecule has 6 nitrogen and oxygen atoms in total. The highest BCUT2D eigenvalue weighted by Crippen LogP contribution is 2.38. The molecule has 1 aliphatic carbocycles. The number of rotatable bonds is 4. The van der Waals surface area contributed by atoms with Crippen molar-refractivity contribution in [1.29, 1.82) is 0 Å². The summed E-state index contributed by atoms with van der Waals surface area (Å²) in [7, 11) is 0. The summed E-state index contributed by atoms with van der Waals surface area (Å²) in [5.41, 5.74) is 5.19. The Morgan fingerprint density at radius 1 is 1.27 bits per heavy atom. The molecular weight excluding hydrogens is 375 g/mol. The van der Waals surface area contributed by atoms with Crippen molar-refractivity contribution in [2.75, 3.05) is 6.61 Å². The number of H-pyrrole nitrogens is 1. The van der Waals surface area contributed by atoms with E-state index in [2.05, 4.69) is 10.2 Å². The third-order valence-corrected chi connectivity index (χ3v) is 4.34. The SMILES string of the molecule is Cl.N[C@H]1CC[C@H](COc2cc(-c3n[nH]c(=O)o3)ccc2C(F)(F)F)CC1. The molecular formula is C16H19ClF3N3O3. The Bertz CT molecular complexity index is 783. The Kier molecular flexibility index (Phi) is 6.35. The van der Waals surface area contributed by atoms with Crippen LogP contribution < -0.4 is 16.2 Å². The van der Waals surface area contributed by atoms with E-state index in [1.165, 1.54) is 12.1 Å². The second kappa shape index (κ2) is 8.13. The zero-order valence-corrected chi connectivity index (χ0v) is 14.5. The average Bonchev–Trinajstić information content (AvgIpc) is 3.00. The number of nitrogens with one attached hydrogen (secondary N) is 1. The number of alkyl halides is 3. The van der Waals surface area contributed by atoms with Crippen LogP contribution in [0.3, 0.4) is 0 Å². The van der Waals surface area contributed by atoms with E-state index in [9.17, 15) is 18.0 Å². The van der Waals surface area contributed by atoms with Gasteiger partial charge in [0, 0.05) is 11.6 Å². The van der Waals surface area contributed by atoms with E-state index in [1.807, 2.05) is 0 Å². The van der Waals surface area contributed by atoms with Crippen molar-refractivity contribution in [3.05, 3.63) is 34.3 Å². The summed E-state index contributed by atoms with van der Waals surface area (Å²) in [4.78, 5) is 11.0. The van der Waals surface area contributed by atoms with E-state index in [-0.39, 0.29) is 48.2 Å². The minimum atomic E-state index is -4.55. The van der Waals surface area contributed by atoms with Gasteiger partial charge in [-0.1, -0.05) is 0 Å². The normalized spacial score (nSPS) is 20.5. The van der Waals surface area contributed by atoms with Crippen molar-refractivity contribution in [1.82, 2.24) is 10.2 Å². The van der Waals surface area contributed by atoms with Gasteiger partial charge in [0.2, 0.25) is 5.89 Å². The number of halogens is 4. The molecule has 1 aliphatic rings. The molecule has 1 aromatic heterocycles. The molecule has 3 N–H and O–H groups in total. The van der Waals surface area contributed by atoms with E-state index in [0.29, 0.717) is 0 Å². The predicted molar refractivity (Wildman–Crippen MR) is 90.2 cm³/mol. The first-order valence-electron chi connectivity index (χ1n) is 7.98. The number of nitrogens with two attached hydrogens (primary N) is 1. The zero-order valence-electron chi connectivity index (χ0n) is 13.7. The molecule has 3 rings (SSSR count). The van der Waals surface area contributed by atoms with Gasteiger partial charge in [0.15, 0.2) is 0 Å². The summed E-state index contributed by atoms with van der Waals surface area (Å²) >= 11 is 0. The average molecular weight is 394 g/mol. The number of ether oxygens (including phenoxy) is 1. The highest BCUT2D eigenvalue weighted by Gasteiger charge is 2.35. The lowest BCUT2D eigenvalue weighted by atomic mass is 9.87. The minimum Gasteiger partial charge on any atom is -0.493 e. The van der Waals surface area contributed by atoms with Gasteiger partial charge in [-0.25, -0.2) is 9.89 Å². The van der Waals surface area contributed by atoms with Gasteiger partial charge < -0.3 is 14.9 Å². The van der Waals surface area contributed by atoms with Gasteiger partial charge in [-0.15, -0.1) is 17.5 Å². The second-order valence-corrected chi connectivity index (χ2v) is 6.22. The van der Waals surface area contributed by atoms with Gasteiger partial charge in [0.25, 0.3) is 0 Å². The third kappa shape index (κ3) is 4.79. The van der Waals surface area contributed by atoms with Crippen molar-refractivity contribution >= 4 is 12.4 Å². The maximum atomic E-state index is 13.2. The van der Waals surface area contributed by atoms with Crippen LogP contribution >= 0.6 is 12.4 Å². The molecule has 1 heterocycles. The second-order valence-electron chi connectivity index (χ2n) is 6.22.